The predicted octanol–water partition coefficient (Wildman–Crippen LogP) is 5.47. The van der Waals surface area contributed by atoms with Gasteiger partial charge in [0.1, 0.15) is 0 Å². The van der Waals surface area contributed by atoms with Gasteiger partial charge in [-0.3, -0.25) is 4.79 Å². The summed E-state index contributed by atoms with van der Waals surface area (Å²) in [6.45, 7) is 9.87. The standard InChI is InChI=1S/C25H34N4O2/c1-5-19(4)26-24(30)21-16-20(12-13-22(21)29-14-7-6-8-15-29)27-25(31)28-23-17(2)10-9-11-18(23)3/h9-13,16,19H,5-8,14-15H2,1-4H3,(H,26,30)(H2,27,28,31)/t19-/m1/s1. The van der Waals surface area contributed by atoms with Gasteiger partial charge >= 0.3 is 6.03 Å². The highest BCUT2D eigenvalue weighted by molar-refractivity contribution is 6.04. The Hall–Kier alpha value is -3.02. The van der Waals surface area contributed by atoms with Gasteiger partial charge in [-0.25, -0.2) is 4.79 Å². The maximum Gasteiger partial charge on any atom is 0.323 e. The number of carbonyl (C=O) groups excluding carboxylic acids is 2. The summed E-state index contributed by atoms with van der Waals surface area (Å²) < 4.78 is 0. The van der Waals surface area contributed by atoms with Crippen LogP contribution in [0.1, 0.15) is 61.0 Å². The molecule has 2 aromatic carbocycles. The maximum atomic E-state index is 13.0. The third-order valence-electron chi connectivity index (χ3n) is 5.91. The Labute approximate surface area is 185 Å². The Morgan fingerprint density at radius 3 is 2.32 bits per heavy atom. The molecule has 6 nitrogen and oxygen atoms in total. The lowest BCUT2D eigenvalue weighted by molar-refractivity contribution is 0.0939. The number of hydrogen-bond acceptors (Lipinski definition) is 3. The fraction of sp³-hybridized carbons (Fsp3) is 0.440. The third-order valence-corrected chi connectivity index (χ3v) is 5.91. The van der Waals surface area contributed by atoms with E-state index in [2.05, 4.69) is 20.9 Å². The highest BCUT2D eigenvalue weighted by Crippen LogP contribution is 2.28. The van der Waals surface area contributed by atoms with Gasteiger partial charge in [0.05, 0.1) is 5.56 Å². The molecule has 0 radical (unpaired) electrons. The van der Waals surface area contributed by atoms with E-state index < -0.39 is 0 Å². The Bertz CT molecular complexity index is 915. The molecule has 0 spiro atoms. The molecule has 1 aliphatic rings. The minimum atomic E-state index is -0.323. The van der Waals surface area contributed by atoms with Gasteiger partial charge < -0.3 is 20.9 Å². The minimum Gasteiger partial charge on any atom is -0.371 e. The van der Waals surface area contributed by atoms with Crippen molar-refractivity contribution in [1.29, 1.82) is 0 Å². The zero-order valence-corrected chi connectivity index (χ0v) is 19.0. The second-order valence-corrected chi connectivity index (χ2v) is 8.41. The van der Waals surface area contributed by atoms with Crippen molar-refractivity contribution in [3.8, 4) is 0 Å². The molecule has 0 saturated carbocycles. The summed E-state index contributed by atoms with van der Waals surface area (Å²) in [5, 5.41) is 8.89. The van der Waals surface area contributed by atoms with Gasteiger partial charge in [0, 0.05) is 36.2 Å². The van der Waals surface area contributed by atoms with Crippen LogP contribution in [0.15, 0.2) is 36.4 Å². The number of hydrogen-bond donors (Lipinski definition) is 3. The van der Waals surface area contributed by atoms with Crippen molar-refractivity contribution in [3.05, 3.63) is 53.1 Å². The first-order chi connectivity index (χ1) is 14.9. The lowest BCUT2D eigenvalue weighted by atomic mass is 10.1. The molecule has 1 heterocycles. The average molecular weight is 423 g/mol. The number of rotatable bonds is 6. The van der Waals surface area contributed by atoms with Crippen LogP contribution < -0.4 is 20.9 Å². The van der Waals surface area contributed by atoms with Crippen LogP contribution in [-0.4, -0.2) is 31.1 Å². The predicted molar refractivity (Wildman–Crippen MR) is 128 cm³/mol. The molecule has 0 unspecified atom stereocenters. The van der Waals surface area contributed by atoms with E-state index in [0.717, 1.165) is 54.9 Å². The monoisotopic (exact) mass is 422 g/mol. The molecule has 1 atom stereocenters. The van der Waals surface area contributed by atoms with Gasteiger partial charge in [0.15, 0.2) is 0 Å². The SMILES string of the molecule is CC[C@@H](C)NC(=O)c1cc(NC(=O)Nc2c(C)cccc2C)ccc1N1CCCCC1. The van der Waals surface area contributed by atoms with E-state index >= 15 is 0 Å². The van der Waals surface area contributed by atoms with E-state index in [1.165, 1.54) is 6.42 Å². The van der Waals surface area contributed by atoms with Crippen molar-refractivity contribution in [1.82, 2.24) is 5.32 Å². The maximum absolute atomic E-state index is 13.0. The van der Waals surface area contributed by atoms with Crippen LogP contribution in [0.2, 0.25) is 0 Å². The molecule has 1 saturated heterocycles. The van der Waals surface area contributed by atoms with E-state index in [4.69, 9.17) is 0 Å². The molecular formula is C25H34N4O2. The van der Waals surface area contributed by atoms with Crippen LogP contribution in [0.3, 0.4) is 0 Å². The van der Waals surface area contributed by atoms with E-state index in [9.17, 15) is 9.59 Å². The first kappa shape index (κ1) is 22.7. The van der Waals surface area contributed by atoms with E-state index in [1.54, 1.807) is 6.07 Å². The van der Waals surface area contributed by atoms with E-state index in [1.807, 2.05) is 58.0 Å². The molecular weight excluding hydrogens is 388 g/mol. The van der Waals surface area contributed by atoms with Crippen LogP contribution >= 0.6 is 0 Å². The Balaban J connectivity index is 1.82. The van der Waals surface area contributed by atoms with Gasteiger partial charge in [0.2, 0.25) is 0 Å². The van der Waals surface area contributed by atoms with Crippen LogP contribution in [0.4, 0.5) is 21.9 Å². The Morgan fingerprint density at radius 2 is 1.68 bits per heavy atom. The number of anilines is 3. The number of benzene rings is 2. The van der Waals surface area contributed by atoms with Crippen LogP contribution in [-0.2, 0) is 0 Å². The first-order valence-electron chi connectivity index (χ1n) is 11.2. The van der Waals surface area contributed by atoms with Crippen LogP contribution in [0, 0.1) is 13.8 Å². The van der Waals surface area contributed by atoms with Crippen molar-refractivity contribution in [3.63, 3.8) is 0 Å². The number of aryl methyl sites for hydroxylation is 2. The average Bonchev–Trinajstić information content (AvgIpc) is 2.76. The number of urea groups is 1. The largest absolute Gasteiger partial charge is 0.371 e. The van der Waals surface area contributed by atoms with Crippen LogP contribution in [0.25, 0.3) is 0 Å². The molecule has 0 bridgehead atoms. The fourth-order valence-corrected chi connectivity index (χ4v) is 3.90. The number of amides is 3. The molecule has 0 aromatic heterocycles. The second kappa shape index (κ2) is 10.3. The molecule has 166 valence electrons. The number of carbonyl (C=O) groups is 2. The molecule has 0 aliphatic carbocycles. The summed E-state index contributed by atoms with van der Waals surface area (Å²) in [6.07, 6.45) is 4.35. The third kappa shape index (κ3) is 5.78. The molecule has 3 rings (SSSR count). The summed E-state index contributed by atoms with van der Waals surface area (Å²) in [6, 6.07) is 11.3. The zero-order valence-electron chi connectivity index (χ0n) is 19.0. The molecule has 1 fully saturated rings. The Kier molecular flexibility index (Phi) is 7.55. The van der Waals surface area contributed by atoms with Crippen molar-refractivity contribution >= 4 is 29.0 Å². The summed E-state index contributed by atoms with van der Waals surface area (Å²) in [4.78, 5) is 27.9. The smallest absolute Gasteiger partial charge is 0.323 e. The highest BCUT2D eigenvalue weighted by Gasteiger charge is 2.20. The van der Waals surface area contributed by atoms with Crippen LogP contribution in [0.5, 0.6) is 0 Å². The Morgan fingerprint density at radius 1 is 1.00 bits per heavy atom. The molecule has 1 aliphatic heterocycles. The number of nitrogens with zero attached hydrogens (tertiary/aromatic N) is 1. The summed E-state index contributed by atoms with van der Waals surface area (Å²) in [5.74, 6) is -0.103. The topological polar surface area (TPSA) is 73.5 Å². The molecule has 31 heavy (non-hydrogen) atoms. The quantitative estimate of drug-likeness (QED) is 0.578. The van der Waals surface area contributed by atoms with Gasteiger partial charge in [-0.2, -0.15) is 0 Å². The number of nitrogens with one attached hydrogen (secondary N) is 3. The minimum absolute atomic E-state index is 0.0886. The number of piperidine rings is 1. The number of para-hydroxylation sites is 1. The molecule has 3 amide bonds. The second-order valence-electron chi connectivity index (χ2n) is 8.41. The van der Waals surface area contributed by atoms with Crippen molar-refractivity contribution in [2.45, 2.75) is 59.4 Å². The summed E-state index contributed by atoms with van der Waals surface area (Å²) >= 11 is 0. The normalized spacial score (nSPS) is 14.6. The van der Waals surface area contributed by atoms with Crippen molar-refractivity contribution < 1.29 is 9.59 Å². The van der Waals surface area contributed by atoms with Crippen molar-refractivity contribution in [2.24, 2.45) is 0 Å². The lowest BCUT2D eigenvalue weighted by Crippen LogP contribution is -2.35. The van der Waals surface area contributed by atoms with Crippen molar-refractivity contribution in [2.75, 3.05) is 28.6 Å². The van der Waals surface area contributed by atoms with Gasteiger partial charge in [-0.1, -0.05) is 25.1 Å². The first-order valence-corrected chi connectivity index (χ1v) is 11.2. The van der Waals surface area contributed by atoms with Gasteiger partial charge in [0.25, 0.3) is 5.91 Å². The summed E-state index contributed by atoms with van der Waals surface area (Å²) in [5.41, 5.74) is 4.94. The fourth-order valence-electron chi connectivity index (χ4n) is 3.90. The highest BCUT2D eigenvalue weighted by atomic mass is 16.2. The van der Waals surface area contributed by atoms with E-state index in [0.29, 0.717) is 11.3 Å². The van der Waals surface area contributed by atoms with E-state index in [-0.39, 0.29) is 18.0 Å². The van der Waals surface area contributed by atoms with Gasteiger partial charge in [-0.15, -0.1) is 0 Å². The molecule has 3 N–H and O–H groups in total. The molecule has 2 aromatic rings. The zero-order chi connectivity index (χ0) is 22.4. The molecule has 6 heteroatoms. The summed E-state index contributed by atoms with van der Waals surface area (Å²) in [7, 11) is 0. The lowest BCUT2D eigenvalue weighted by Gasteiger charge is -2.31. The van der Waals surface area contributed by atoms with Gasteiger partial charge in [-0.05, 0) is 75.8 Å².